The third-order valence-electron chi connectivity index (χ3n) is 1.66. The summed E-state index contributed by atoms with van der Waals surface area (Å²) in [4.78, 5) is 0. The van der Waals surface area contributed by atoms with E-state index in [1.165, 1.54) is 38.5 Å². The molecule has 9 heavy (non-hydrogen) atoms. The van der Waals surface area contributed by atoms with Gasteiger partial charge in [0.15, 0.2) is 0 Å². The molecule has 55 valence electrons. The zero-order valence-electron chi connectivity index (χ0n) is 5.73. The molecule has 0 saturated carbocycles. The van der Waals surface area contributed by atoms with Crippen LogP contribution in [-0.4, -0.2) is 0 Å². The van der Waals surface area contributed by atoms with Gasteiger partial charge in [-0.3, -0.25) is 0 Å². The zero-order valence-corrected chi connectivity index (χ0v) is 7.37. The number of allylic oxidation sites excluding steroid dienone is 2. The molecule has 0 saturated heterocycles. The molecule has 0 spiro atoms. The van der Waals surface area contributed by atoms with Gasteiger partial charge >= 0.3 is 0 Å². The molecule has 0 nitrogen and oxygen atoms in total. The van der Waals surface area contributed by atoms with Crippen LogP contribution >= 0.6 is 0 Å². The second kappa shape index (κ2) is 6.48. The van der Waals surface area contributed by atoms with Gasteiger partial charge in [-0.2, -0.15) is 0 Å². The van der Waals surface area contributed by atoms with Gasteiger partial charge in [-0.1, -0.05) is 25.0 Å². The maximum Gasteiger partial charge on any atom is 0 e. The summed E-state index contributed by atoms with van der Waals surface area (Å²) in [6.45, 7) is 0. The Bertz CT molecular complexity index is 66.6. The van der Waals surface area contributed by atoms with Crippen molar-refractivity contribution in [3.05, 3.63) is 12.2 Å². The van der Waals surface area contributed by atoms with Crippen LogP contribution < -0.4 is 0 Å². The van der Waals surface area contributed by atoms with E-state index < -0.39 is 0 Å². The van der Waals surface area contributed by atoms with Gasteiger partial charge in [0.1, 0.15) is 0 Å². The Morgan fingerprint density at radius 2 is 1.11 bits per heavy atom. The molecule has 0 heterocycles. The van der Waals surface area contributed by atoms with E-state index >= 15 is 0 Å². The molecule has 1 aliphatic carbocycles. The van der Waals surface area contributed by atoms with Gasteiger partial charge in [-0.05, 0) is 25.7 Å². The summed E-state index contributed by atoms with van der Waals surface area (Å²) in [6, 6.07) is 0. The summed E-state index contributed by atoms with van der Waals surface area (Å²) in [5.74, 6) is 0. The Balaban J connectivity index is 0.000000640. The van der Waals surface area contributed by atoms with Crippen molar-refractivity contribution in [2.24, 2.45) is 0 Å². The molecule has 0 aromatic heterocycles. The summed E-state index contributed by atoms with van der Waals surface area (Å²) >= 11 is 0. The van der Waals surface area contributed by atoms with Crippen LogP contribution in [0.25, 0.3) is 0 Å². The van der Waals surface area contributed by atoms with Crippen molar-refractivity contribution < 1.29 is 19.5 Å². The molecule has 1 rings (SSSR count). The van der Waals surface area contributed by atoms with Gasteiger partial charge in [0.2, 0.25) is 0 Å². The van der Waals surface area contributed by atoms with Crippen LogP contribution in [0.2, 0.25) is 0 Å². The average Bonchev–Trinajstić information content (AvgIpc) is 1.62. The van der Waals surface area contributed by atoms with Crippen molar-refractivity contribution >= 4 is 0 Å². The molecule has 1 radical (unpaired) electrons. The molecule has 0 bridgehead atoms. The van der Waals surface area contributed by atoms with Crippen molar-refractivity contribution in [2.75, 3.05) is 0 Å². The van der Waals surface area contributed by atoms with Crippen molar-refractivity contribution in [3.63, 3.8) is 0 Å². The third kappa shape index (κ3) is 4.84. The minimum absolute atomic E-state index is 0. The van der Waals surface area contributed by atoms with E-state index in [1.807, 2.05) is 0 Å². The first-order valence-electron chi connectivity index (χ1n) is 3.65. The molecule has 0 amide bonds. The molecule has 1 aliphatic rings. The van der Waals surface area contributed by atoms with Crippen molar-refractivity contribution in [1.82, 2.24) is 0 Å². The van der Waals surface area contributed by atoms with Gasteiger partial charge in [0.05, 0.1) is 0 Å². The van der Waals surface area contributed by atoms with Crippen LogP contribution in [0.4, 0.5) is 0 Å². The van der Waals surface area contributed by atoms with E-state index in [9.17, 15) is 0 Å². The van der Waals surface area contributed by atoms with Crippen LogP contribution in [0.1, 0.15) is 38.5 Å². The predicted octanol–water partition coefficient (Wildman–Crippen LogP) is 2.89. The zero-order chi connectivity index (χ0) is 5.66. The average molecular weight is 213 g/mol. The summed E-state index contributed by atoms with van der Waals surface area (Å²) in [6.07, 6.45) is 13.0. The quantitative estimate of drug-likeness (QED) is 0.428. The SMILES string of the molecule is C1=CCCCCCC1.[Rh]. The minimum Gasteiger partial charge on any atom is -0.0885 e. The molecular weight excluding hydrogens is 199 g/mol. The smallest absolute Gasteiger partial charge is 0 e. The first-order chi connectivity index (χ1) is 4.00. The summed E-state index contributed by atoms with van der Waals surface area (Å²) < 4.78 is 0. The molecule has 0 aromatic carbocycles. The molecule has 1 heteroatoms. The molecule has 0 atom stereocenters. The fourth-order valence-electron chi connectivity index (χ4n) is 1.11. The van der Waals surface area contributed by atoms with Gasteiger partial charge in [0, 0.05) is 19.5 Å². The Kier molecular flexibility index (Phi) is 6.74. The first-order valence-corrected chi connectivity index (χ1v) is 3.65. The Morgan fingerprint density at radius 3 is 1.56 bits per heavy atom. The van der Waals surface area contributed by atoms with E-state index in [1.54, 1.807) is 0 Å². The summed E-state index contributed by atoms with van der Waals surface area (Å²) in [5, 5.41) is 0. The van der Waals surface area contributed by atoms with Gasteiger partial charge in [0.25, 0.3) is 0 Å². The Labute approximate surface area is 70.5 Å². The number of rotatable bonds is 0. The topological polar surface area (TPSA) is 0 Å². The molecule has 0 fully saturated rings. The van der Waals surface area contributed by atoms with Crippen molar-refractivity contribution in [3.8, 4) is 0 Å². The maximum atomic E-state index is 2.32. The first kappa shape index (κ1) is 9.36. The fourth-order valence-corrected chi connectivity index (χ4v) is 1.11. The minimum atomic E-state index is 0. The standard InChI is InChI=1S/C8H14.Rh/c1-2-4-6-8-7-5-3-1;/h1-2H,3-8H2;. The summed E-state index contributed by atoms with van der Waals surface area (Å²) in [5.41, 5.74) is 0. The van der Waals surface area contributed by atoms with Crippen LogP contribution in [0, 0.1) is 0 Å². The fraction of sp³-hybridized carbons (Fsp3) is 0.750. The monoisotopic (exact) mass is 213 g/mol. The van der Waals surface area contributed by atoms with Gasteiger partial charge in [-0.25, -0.2) is 0 Å². The molecular formula is C8H14Rh. The predicted molar refractivity (Wildman–Crippen MR) is 36.8 cm³/mol. The number of hydrogen-bond acceptors (Lipinski definition) is 0. The Hall–Kier alpha value is 0.363. The second-order valence-electron chi connectivity index (χ2n) is 2.46. The molecule has 0 aliphatic heterocycles. The van der Waals surface area contributed by atoms with Crippen molar-refractivity contribution in [1.29, 1.82) is 0 Å². The second-order valence-corrected chi connectivity index (χ2v) is 2.46. The van der Waals surface area contributed by atoms with Gasteiger partial charge in [-0.15, -0.1) is 0 Å². The third-order valence-corrected chi connectivity index (χ3v) is 1.66. The number of hydrogen-bond donors (Lipinski definition) is 0. The maximum absolute atomic E-state index is 2.32. The van der Waals surface area contributed by atoms with E-state index in [2.05, 4.69) is 12.2 Å². The van der Waals surface area contributed by atoms with E-state index in [4.69, 9.17) is 0 Å². The Morgan fingerprint density at radius 1 is 0.667 bits per heavy atom. The van der Waals surface area contributed by atoms with Crippen LogP contribution in [-0.2, 0) is 19.5 Å². The molecule has 0 N–H and O–H groups in total. The van der Waals surface area contributed by atoms with Gasteiger partial charge < -0.3 is 0 Å². The van der Waals surface area contributed by atoms with E-state index in [-0.39, 0.29) is 19.5 Å². The van der Waals surface area contributed by atoms with Crippen LogP contribution in [0.5, 0.6) is 0 Å². The molecule has 0 unspecified atom stereocenters. The van der Waals surface area contributed by atoms with Crippen LogP contribution in [0.3, 0.4) is 0 Å². The normalized spacial score (nSPS) is 19.6. The van der Waals surface area contributed by atoms with E-state index in [0.29, 0.717) is 0 Å². The van der Waals surface area contributed by atoms with Crippen molar-refractivity contribution in [2.45, 2.75) is 38.5 Å². The molecule has 0 aromatic rings. The summed E-state index contributed by atoms with van der Waals surface area (Å²) in [7, 11) is 0. The largest absolute Gasteiger partial charge is 0.0885 e. The van der Waals surface area contributed by atoms with Crippen LogP contribution in [0.15, 0.2) is 12.2 Å². The van der Waals surface area contributed by atoms with E-state index in [0.717, 1.165) is 0 Å².